The van der Waals surface area contributed by atoms with E-state index in [9.17, 15) is 23.1 Å². The Balaban J connectivity index is 1.88. The minimum atomic E-state index is -4.95. The molecule has 1 atom stereocenters. The van der Waals surface area contributed by atoms with Crippen molar-refractivity contribution in [2.24, 2.45) is 7.05 Å². The molecule has 0 aliphatic carbocycles. The number of aliphatic hydroxyl groups is 1. The van der Waals surface area contributed by atoms with Gasteiger partial charge in [-0.2, -0.15) is 13.2 Å². The van der Waals surface area contributed by atoms with Gasteiger partial charge in [-0.05, 0) is 30.2 Å². The van der Waals surface area contributed by atoms with Gasteiger partial charge >= 0.3 is 12.2 Å². The van der Waals surface area contributed by atoms with E-state index in [0.29, 0.717) is 17.9 Å². The maximum Gasteiger partial charge on any atom is 0.424 e. The topological polar surface area (TPSA) is 97.6 Å². The van der Waals surface area contributed by atoms with Crippen molar-refractivity contribution < 1.29 is 32.5 Å². The number of benzene rings is 1. The second-order valence-corrected chi connectivity index (χ2v) is 6.58. The molecule has 2 rings (SSSR count). The van der Waals surface area contributed by atoms with Crippen LogP contribution in [0.5, 0.6) is 11.5 Å². The zero-order valence-electron chi connectivity index (χ0n) is 16.9. The summed E-state index contributed by atoms with van der Waals surface area (Å²) >= 11 is 0. The molecular weight excluding hydrogens is 405 g/mol. The van der Waals surface area contributed by atoms with Gasteiger partial charge in [-0.15, -0.1) is 0 Å². The number of hydrogen-bond acceptors (Lipinski definition) is 5. The number of nitrogens with one attached hydrogen (secondary N) is 2. The zero-order chi connectivity index (χ0) is 22.4. The highest BCUT2D eigenvalue weighted by atomic mass is 19.4. The van der Waals surface area contributed by atoms with Crippen LogP contribution in [-0.4, -0.2) is 54.2 Å². The first-order valence-electron chi connectivity index (χ1n) is 9.12. The van der Waals surface area contributed by atoms with Gasteiger partial charge in [0.05, 0.1) is 14.2 Å². The highest BCUT2D eigenvalue weighted by molar-refractivity contribution is 5.73. The molecule has 1 aromatic heterocycles. The summed E-state index contributed by atoms with van der Waals surface area (Å²) in [5.74, 6) is 0.724. The quantitative estimate of drug-likeness (QED) is 0.566. The van der Waals surface area contributed by atoms with E-state index in [1.54, 1.807) is 18.2 Å². The molecule has 0 aliphatic rings. The maximum atomic E-state index is 13.4. The lowest BCUT2D eigenvalue weighted by Gasteiger charge is -2.29. The third kappa shape index (κ3) is 5.35. The molecule has 166 valence electrons. The van der Waals surface area contributed by atoms with Crippen molar-refractivity contribution >= 4 is 6.03 Å². The largest absolute Gasteiger partial charge is 0.497 e. The average molecular weight is 430 g/mol. The Kier molecular flexibility index (Phi) is 7.54. The van der Waals surface area contributed by atoms with Gasteiger partial charge in [0.25, 0.3) is 0 Å². The molecule has 0 aliphatic heterocycles. The number of hydrogen-bond donors (Lipinski definition) is 3. The van der Waals surface area contributed by atoms with Gasteiger partial charge in [0.1, 0.15) is 17.3 Å². The first-order chi connectivity index (χ1) is 14.1. The van der Waals surface area contributed by atoms with Gasteiger partial charge in [-0.25, -0.2) is 9.78 Å². The number of carbonyl (C=O) groups is 1. The number of methoxy groups -OCH3 is 2. The highest BCUT2D eigenvalue weighted by Crippen LogP contribution is 2.40. The number of imidazole rings is 1. The van der Waals surface area contributed by atoms with Crippen LogP contribution in [0, 0.1) is 0 Å². The Morgan fingerprint density at radius 3 is 2.47 bits per heavy atom. The molecular formula is C19H25F3N4O4. The Hall–Kier alpha value is -2.95. The van der Waals surface area contributed by atoms with Crippen LogP contribution in [-0.2, 0) is 19.1 Å². The van der Waals surface area contributed by atoms with Crippen LogP contribution in [0.15, 0.2) is 30.6 Å². The molecule has 1 heterocycles. The molecule has 0 fully saturated rings. The highest BCUT2D eigenvalue weighted by Gasteiger charge is 2.57. The molecule has 1 unspecified atom stereocenters. The van der Waals surface area contributed by atoms with Crippen molar-refractivity contribution in [3.63, 3.8) is 0 Å². The maximum absolute atomic E-state index is 13.4. The number of ether oxygens (including phenoxy) is 2. The first-order valence-corrected chi connectivity index (χ1v) is 9.12. The fraction of sp³-hybridized carbons (Fsp3) is 0.474. The van der Waals surface area contributed by atoms with Crippen molar-refractivity contribution in [1.29, 1.82) is 0 Å². The predicted octanol–water partition coefficient (Wildman–Crippen LogP) is 2.12. The van der Waals surface area contributed by atoms with Crippen LogP contribution in [0.2, 0.25) is 0 Å². The van der Waals surface area contributed by atoms with Crippen LogP contribution >= 0.6 is 0 Å². The van der Waals surface area contributed by atoms with Crippen molar-refractivity contribution in [3.05, 3.63) is 42.0 Å². The van der Waals surface area contributed by atoms with Gasteiger partial charge in [-0.3, -0.25) is 0 Å². The lowest BCUT2D eigenvalue weighted by Crippen LogP contribution is -2.47. The SMILES string of the molecule is COc1ccc(OC)c(CCNC(=O)NCCC(O)(c2nccn2C)C(F)(F)F)c1. The van der Waals surface area contributed by atoms with Gasteiger partial charge in [0, 0.05) is 39.0 Å². The Labute approximate surface area is 172 Å². The molecule has 8 nitrogen and oxygen atoms in total. The van der Waals surface area contributed by atoms with Gasteiger partial charge < -0.3 is 29.8 Å². The van der Waals surface area contributed by atoms with Crippen molar-refractivity contribution in [2.45, 2.75) is 24.6 Å². The summed E-state index contributed by atoms with van der Waals surface area (Å²) in [6, 6.07) is 4.60. The van der Waals surface area contributed by atoms with E-state index in [1.807, 2.05) is 0 Å². The van der Waals surface area contributed by atoms with Crippen LogP contribution in [0.25, 0.3) is 0 Å². The number of aryl methyl sites for hydroxylation is 1. The minimum absolute atomic E-state index is 0.221. The van der Waals surface area contributed by atoms with Crippen LogP contribution in [0.3, 0.4) is 0 Å². The van der Waals surface area contributed by atoms with Crippen molar-refractivity contribution in [2.75, 3.05) is 27.3 Å². The normalized spacial score (nSPS) is 13.4. The molecule has 0 radical (unpaired) electrons. The summed E-state index contributed by atoms with van der Waals surface area (Å²) in [6.45, 7) is -0.185. The van der Waals surface area contributed by atoms with Gasteiger partial charge in [0.15, 0.2) is 0 Å². The standard InChI is InChI=1S/C19H25F3N4O4/c1-26-11-10-23-16(26)18(28,19(20,21)22)7-9-25-17(27)24-8-6-13-12-14(29-2)4-5-15(13)30-3/h4-5,10-12,28H,6-9H2,1-3H3,(H2,24,25,27). The summed E-state index contributed by atoms with van der Waals surface area (Å²) in [6.07, 6.45) is -2.84. The summed E-state index contributed by atoms with van der Waals surface area (Å²) < 4.78 is 51.8. The van der Waals surface area contributed by atoms with Crippen LogP contribution < -0.4 is 20.1 Å². The Bertz CT molecular complexity index is 857. The fourth-order valence-corrected chi connectivity index (χ4v) is 2.95. The van der Waals surface area contributed by atoms with Gasteiger partial charge in [0.2, 0.25) is 5.60 Å². The third-order valence-electron chi connectivity index (χ3n) is 4.60. The number of halogens is 3. The number of rotatable bonds is 9. The lowest BCUT2D eigenvalue weighted by molar-refractivity contribution is -0.272. The summed E-state index contributed by atoms with van der Waals surface area (Å²) in [7, 11) is 4.41. The van der Waals surface area contributed by atoms with E-state index in [1.165, 1.54) is 33.7 Å². The second-order valence-electron chi connectivity index (χ2n) is 6.58. The predicted molar refractivity (Wildman–Crippen MR) is 102 cm³/mol. The van der Waals surface area contributed by atoms with E-state index in [0.717, 1.165) is 10.1 Å². The van der Waals surface area contributed by atoms with Crippen LogP contribution in [0.4, 0.5) is 18.0 Å². The Morgan fingerprint density at radius 1 is 1.20 bits per heavy atom. The summed E-state index contributed by atoms with van der Waals surface area (Å²) in [5, 5.41) is 15.1. The monoisotopic (exact) mass is 430 g/mol. The molecule has 0 bridgehead atoms. The number of alkyl halides is 3. The third-order valence-corrected chi connectivity index (χ3v) is 4.60. The smallest absolute Gasteiger partial charge is 0.424 e. The molecule has 3 N–H and O–H groups in total. The lowest BCUT2D eigenvalue weighted by atomic mass is 9.97. The molecule has 2 aromatic rings. The number of amides is 2. The molecule has 11 heteroatoms. The number of urea groups is 1. The number of carbonyl (C=O) groups excluding carboxylic acids is 1. The van der Waals surface area contributed by atoms with Crippen LogP contribution in [0.1, 0.15) is 17.8 Å². The fourth-order valence-electron chi connectivity index (χ4n) is 2.95. The van der Waals surface area contributed by atoms with E-state index in [4.69, 9.17) is 9.47 Å². The molecule has 30 heavy (non-hydrogen) atoms. The number of nitrogens with zero attached hydrogens (tertiary/aromatic N) is 2. The first kappa shape index (κ1) is 23.3. The van der Waals surface area contributed by atoms with E-state index >= 15 is 0 Å². The van der Waals surface area contributed by atoms with Crippen molar-refractivity contribution in [1.82, 2.24) is 20.2 Å². The second kappa shape index (κ2) is 9.70. The number of aromatic nitrogens is 2. The molecule has 0 saturated carbocycles. The molecule has 2 amide bonds. The van der Waals surface area contributed by atoms with Gasteiger partial charge in [-0.1, -0.05) is 0 Å². The van der Waals surface area contributed by atoms with E-state index < -0.39 is 36.6 Å². The minimum Gasteiger partial charge on any atom is -0.497 e. The van der Waals surface area contributed by atoms with Crippen molar-refractivity contribution in [3.8, 4) is 11.5 Å². The molecule has 1 aromatic carbocycles. The molecule has 0 spiro atoms. The Morgan fingerprint density at radius 2 is 1.90 bits per heavy atom. The molecule has 0 saturated heterocycles. The average Bonchev–Trinajstić information content (AvgIpc) is 3.13. The van der Waals surface area contributed by atoms with E-state index in [-0.39, 0.29) is 6.54 Å². The summed E-state index contributed by atoms with van der Waals surface area (Å²) in [5.41, 5.74) is -2.37. The van der Waals surface area contributed by atoms with E-state index in [2.05, 4.69) is 15.6 Å². The zero-order valence-corrected chi connectivity index (χ0v) is 16.9. The summed E-state index contributed by atoms with van der Waals surface area (Å²) in [4.78, 5) is 15.5.